The standard InChI is InChI=1S/C16H17NO4S/c1-3-22-13-6-4-11(5-7-13)10(2)17-15(18)14-8-12(9-21-14)16(19)20/h4-10H,3H2,1-2H3,(H,17,18)(H,19,20). The second-order valence-corrected chi connectivity index (χ2v) is 6.04. The molecule has 1 aromatic heterocycles. The molecule has 0 saturated carbocycles. The zero-order valence-corrected chi connectivity index (χ0v) is 13.1. The lowest BCUT2D eigenvalue weighted by Gasteiger charge is -2.13. The Morgan fingerprint density at radius 2 is 2.00 bits per heavy atom. The van der Waals surface area contributed by atoms with Crippen molar-refractivity contribution < 1.29 is 19.1 Å². The van der Waals surface area contributed by atoms with Crippen LogP contribution in [-0.4, -0.2) is 22.7 Å². The van der Waals surface area contributed by atoms with Crippen LogP contribution in [0.2, 0.25) is 0 Å². The lowest BCUT2D eigenvalue weighted by Crippen LogP contribution is -2.26. The van der Waals surface area contributed by atoms with Gasteiger partial charge in [-0.1, -0.05) is 19.1 Å². The molecule has 0 aliphatic rings. The summed E-state index contributed by atoms with van der Waals surface area (Å²) in [5, 5.41) is 11.6. The number of amides is 1. The fourth-order valence-corrected chi connectivity index (χ4v) is 2.60. The predicted octanol–water partition coefficient (Wildman–Crippen LogP) is 3.58. The Morgan fingerprint density at radius 1 is 1.32 bits per heavy atom. The van der Waals surface area contributed by atoms with E-state index in [1.807, 2.05) is 31.2 Å². The van der Waals surface area contributed by atoms with Gasteiger partial charge < -0.3 is 14.8 Å². The van der Waals surface area contributed by atoms with Crippen LogP contribution in [0.1, 0.15) is 46.4 Å². The number of rotatable bonds is 6. The Hall–Kier alpha value is -2.21. The maximum absolute atomic E-state index is 12.0. The number of carbonyl (C=O) groups is 2. The lowest BCUT2D eigenvalue weighted by atomic mass is 10.1. The molecule has 0 spiro atoms. The summed E-state index contributed by atoms with van der Waals surface area (Å²) in [6, 6.07) is 8.97. The quantitative estimate of drug-likeness (QED) is 0.796. The molecule has 0 fully saturated rings. The molecule has 0 saturated heterocycles. The van der Waals surface area contributed by atoms with Gasteiger partial charge in [-0.25, -0.2) is 4.79 Å². The van der Waals surface area contributed by atoms with Gasteiger partial charge in [-0.2, -0.15) is 0 Å². The van der Waals surface area contributed by atoms with Crippen LogP contribution in [0.15, 0.2) is 45.9 Å². The van der Waals surface area contributed by atoms with Crippen molar-refractivity contribution in [3.63, 3.8) is 0 Å². The van der Waals surface area contributed by atoms with Crippen LogP contribution >= 0.6 is 11.8 Å². The van der Waals surface area contributed by atoms with Crippen LogP contribution in [0.4, 0.5) is 0 Å². The number of thioether (sulfide) groups is 1. The number of furan rings is 1. The van der Waals surface area contributed by atoms with Crippen LogP contribution in [-0.2, 0) is 0 Å². The second kappa shape index (κ2) is 7.17. The van der Waals surface area contributed by atoms with Gasteiger partial charge in [0.05, 0.1) is 11.6 Å². The van der Waals surface area contributed by atoms with Crippen LogP contribution in [0.25, 0.3) is 0 Å². The fraction of sp³-hybridized carbons (Fsp3) is 0.250. The highest BCUT2D eigenvalue weighted by molar-refractivity contribution is 7.99. The molecule has 2 aromatic rings. The molecule has 22 heavy (non-hydrogen) atoms. The van der Waals surface area contributed by atoms with Crippen molar-refractivity contribution in [3.05, 3.63) is 53.5 Å². The van der Waals surface area contributed by atoms with Gasteiger partial charge in [0.25, 0.3) is 5.91 Å². The van der Waals surface area contributed by atoms with Crippen molar-refractivity contribution in [2.24, 2.45) is 0 Å². The van der Waals surface area contributed by atoms with E-state index in [9.17, 15) is 9.59 Å². The smallest absolute Gasteiger partial charge is 0.338 e. The van der Waals surface area contributed by atoms with E-state index in [-0.39, 0.29) is 17.4 Å². The van der Waals surface area contributed by atoms with E-state index in [4.69, 9.17) is 9.52 Å². The maximum atomic E-state index is 12.0. The lowest BCUT2D eigenvalue weighted by molar-refractivity contribution is 0.0695. The highest BCUT2D eigenvalue weighted by atomic mass is 32.2. The predicted molar refractivity (Wildman–Crippen MR) is 84.4 cm³/mol. The Balaban J connectivity index is 2.02. The summed E-state index contributed by atoms with van der Waals surface area (Å²) < 4.78 is 4.98. The number of aromatic carboxylic acids is 1. The van der Waals surface area contributed by atoms with Gasteiger partial charge in [-0.15, -0.1) is 11.8 Å². The number of hydrogen-bond acceptors (Lipinski definition) is 4. The second-order valence-electron chi connectivity index (χ2n) is 4.70. The van der Waals surface area contributed by atoms with Gasteiger partial charge in [-0.3, -0.25) is 4.79 Å². The number of carboxylic acid groups (broad SMARTS) is 1. The SMILES string of the molecule is CCSc1ccc(C(C)NC(=O)c2cc(C(=O)O)co2)cc1. The van der Waals surface area contributed by atoms with Crippen molar-refractivity contribution in [2.45, 2.75) is 24.8 Å². The van der Waals surface area contributed by atoms with Gasteiger partial charge in [0.15, 0.2) is 5.76 Å². The zero-order chi connectivity index (χ0) is 16.1. The molecule has 2 rings (SSSR count). The van der Waals surface area contributed by atoms with E-state index in [2.05, 4.69) is 12.2 Å². The molecule has 2 N–H and O–H groups in total. The molecule has 1 amide bonds. The Bertz CT molecular complexity index is 663. The third-order valence-electron chi connectivity index (χ3n) is 3.11. The minimum absolute atomic E-state index is 0.0117. The summed E-state index contributed by atoms with van der Waals surface area (Å²) in [5.74, 6) is -0.565. The summed E-state index contributed by atoms with van der Waals surface area (Å²) in [6.07, 6.45) is 1.05. The molecular formula is C16H17NO4S. The van der Waals surface area contributed by atoms with E-state index >= 15 is 0 Å². The Kier molecular flexibility index (Phi) is 5.27. The summed E-state index contributed by atoms with van der Waals surface area (Å²) in [5.41, 5.74) is 0.928. The van der Waals surface area contributed by atoms with Gasteiger partial charge in [0.1, 0.15) is 6.26 Å². The van der Waals surface area contributed by atoms with Crippen molar-refractivity contribution in [1.82, 2.24) is 5.32 Å². The monoisotopic (exact) mass is 319 g/mol. The topological polar surface area (TPSA) is 79.5 Å². The van der Waals surface area contributed by atoms with Crippen molar-refractivity contribution in [3.8, 4) is 0 Å². The van der Waals surface area contributed by atoms with Crippen LogP contribution in [0.3, 0.4) is 0 Å². The molecule has 1 aromatic carbocycles. The Morgan fingerprint density at radius 3 is 2.55 bits per heavy atom. The van der Waals surface area contributed by atoms with Crippen LogP contribution in [0.5, 0.6) is 0 Å². The van der Waals surface area contributed by atoms with Crippen molar-refractivity contribution >= 4 is 23.6 Å². The van der Waals surface area contributed by atoms with Gasteiger partial charge in [-0.05, 0) is 30.4 Å². The normalized spacial score (nSPS) is 11.9. The average Bonchev–Trinajstić information content (AvgIpc) is 2.98. The molecule has 0 radical (unpaired) electrons. The highest BCUT2D eigenvalue weighted by Crippen LogP contribution is 2.21. The first-order chi connectivity index (χ1) is 10.5. The molecular weight excluding hydrogens is 302 g/mol. The fourth-order valence-electron chi connectivity index (χ4n) is 1.94. The number of benzene rings is 1. The average molecular weight is 319 g/mol. The molecule has 0 aliphatic heterocycles. The molecule has 5 nitrogen and oxygen atoms in total. The number of carboxylic acids is 1. The third kappa shape index (κ3) is 3.92. The third-order valence-corrected chi connectivity index (χ3v) is 4.00. The number of hydrogen-bond donors (Lipinski definition) is 2. The summed E-state index contributed by atoms with van der Waals surface area (Å²) in [7, 11) is 0. The molecule has 1 unspecified atom stereocenters. The van der Waals surface area contributed by atoms with Crippen LogP contribution < -0.4 is 5.32 Å². The molecule has 6 heteroatoms. The van der Waals surface area contributed by atoms with E-state index in [0.717, 1.165) is 17.6 Å². The van der Waals surface area contributed by atoms with E-state index in [1.165, 1.54) is 11.0 Å². The van der Waals surface area contributed by atoms with Crippen molar-refractivity contribution in [2.75, 3.05) is 5.75 Å². The number of carbonyl (C=O) groups excluding carboxylic acids is 1. The van der Waals surface area contributed by atoms with E-state index < -0.39 is 11.9 Å². The summed E-state index contributed by atoms with van der Waals surface area (Å²) in [4.78, 5) is 24.0. The van der Waals surface area contributed by atoms with E-state index in [1.54, 1.807) is 11.8 Å². The first kappa shape index (κ1) is 16.2. The molecule has 0 bridgehead atoms. The Labute approximate surface area is 132 Å². The molecule has 116 valence electrons. The minimum Gasteiger partial charge on any atom is -0.478 e. The largest absolute Gasteiger partial charge is 0.478 e. The van der Waals surface area contributed by atoms with Gasteiger partial charge in [0.2, 0.25) is 0 Å². The summed E-state index contributed by atoms with van der Waals surface area (Å²) >= 11 is 1.75. The van der Waals surface area contributed by atoms with E-state index in [0.29, 0.717) is 0 Å². The van der Waals surface area contributed by atoms with Crippen LogP contribution in [0, 0.1) is 0 Å². The molecule has 1 heterocycles. The summed E-state index contributed by atoms with van der Waals surface area (Å²) in [6.45, 7) is 3.96. The molecule has 0 aliphatic carbocycles. The first-order valence-electron chi connectivity index (χ1n) is 6.86. The van der Waals surface area contributed by atoms with Gasteiger partial charge in [0, 0.05) is 11.0 Å². The van der Waals surface area contributed by atoms with Gasteiger partial charge >= 0.3 is 5.97 Å². The first-order valence-corrected chi connectivity index (χ1v) is 7.85. The maximum Gasteiger partial charge on any atom is 0.338 e. The number of nitrogens with one attached hydrogen (secondary N) is 1. The molecule has 1 atom stereocenters. The highest BCUT2D eigenvalue weighted by Gasteiger charge is 2.17. The zero-order valence-electron chi connectivity index (χ0n) is 12.3. The minimum atomic E-state index is -1.13. The van der Waals surface area contributed by atoms with Crippen molar-refractivity contribution in [1.29, 1.82) is 0 Å².